The Morgan fingerprint density at radius 3 is 2.74 bits per heavy atom. The van der Waals surface area contributed by atoms with E-state index >= 15 is 0 Å². The van der Waals surface area contributed by atoms with Gasteiger partial charge in [0.2, 0.25) is 5.82 Å². The predicted octanol–water partition coefficient (Wildman–Crippen LogP) is 3.90. The molecule has 0 bridgehead atoms. The molecule has 0 radical (unpaired) electrons. The summed E-state index contributed by atoms with van der Waals surface area (Å²) in [5.74, 6) is -1.71. The number of halogens is 3. The summed E-state index contributed by atoms with van der Waals surface area (Å²) in [7, 11) is 0. The molecule has 2 heterocycles. The molecule has 120 valence electrons. The second kappa shape index (κ2) is 5.52. The molecule has 0 spiro atoms. The topological polar surface area (TPSA) is 63.1 Å². The van der Waals surface area contributed by atoms with E-state index < -0.39 is 23.5 Å². The molecule has 0 fully saturated rings. The van der Waals surface area contributed by atoms with Crippen LogP contribution in [0.1, 0.15) is 28.7 Å². The minimum atomic E-state index is -4.47. The van der Waals surface area contributed by atoms with Crippen LogP contribution in [0.3, 0.4) is 0 Å². The molecule has 0 saturated heterocycles. The first-order chi connectivity index (χ1) is 10.8. The summed E-state index contributed by atoms with van der Waals surface area (Å²) >= 11 is 1.40. The Hall–Kier alpha value is -2.09. The van der Waals surface area contributed by atoms with Gasteiger partial charge in [-0.25, -0.2) is 14.8 Å². The van der Waals surface area contributed by atoms with Crippen LogP contribution in [0, 0.1) is 0 Å². The van der Waals surface area contributed by atoms with E-state index in [2.05, 4.69) is 9.97 Å². The smallest absolute Gasteiger partial charge is 0.416 e. The number of carboxylic acids is 1. The van der Waals surface area contributed by atoms with Gasteiger partial charge < -0.3 is 5.11 Å². The summed E-state index contributed by atoms with van der Waals surface area (Å²) in [5, 5.41) is 9.82. The highest BCUT2D eigenvalue weighted by Gasteiger charge is 2.32. The maximum absolute atomic E-state index is 12.9. The van der Waals surface area contributed by atoms with Gasteiger partial charge in [0.25, 0.3) is 0 Å². The number of alkyl halides is 3. The van der Waals surface area contributed by atoms with Gasteiger partial charge in [0.15, 0.2) is 0 Å². The van der Waals surface area contributed by atoms with Crippen LogP contribution in [0.4, 0.5) is 13.2 Å². The summed E-state index contributed by atoms with van der Waals surface area (Å²) in [6.45, 7) is 1.95. The fourth-order valence-electron chi connectivity index (χ4n) is 2.44. The van der Waals surface area contributed by atoms with Crippen LogP contribution in [-0.4, -0.2) is 26.3 Å². The van der Waals surface area contributed by atoms with Gasteiger partial charge in [-0.3, -0.25) is 0 Å². The monoisotopic (exact) mass is 340 g/mol. The number of benzene rings is 1. The zero-order valence-corrected chi connectivity index (χ0v) is 12.7. The normalized spacial score (nSPS) is 17.1. The maximum atomic E-state index is 12.9. The number of thioether (sulfide) groups is 1. The van der Waals surface area contributed by atoms with Gasteiger partial charge in [-0.15, -0.1) is 11.8 Å². The zero-order valence-electron chi connectivity index (χ0n) is 11.9. The van der Waals surface area contributed by atoms with Gasteiger partial charge in [0, 0.05) is 16.4 Å². The number of aromatic carboxylic acids is 1. The fraction of sp³-hybridized carbons (Fsp3) is 0.267. The minimum absolute atomic E-state index is 0.174. The lowest BCUT2D eigenvalue weighted by molar-refractivity contribution is -0.137. The van der Waals surface area contributed by atoms with E-state index in [-0.39, 0.29) is 16.5 Å². The van der Waals surface area contributed by atoms with Crippen LogP contribution in [0.2, 0.25) is 0 Å². The first kappa shape index (κ1) is 15.8. The molecule has 0 saturated carbocycles. The standard InChI is InChI=1S/C15H11F3N2O2S/c1-7-5-10-11(19-12(14(21)22)20-13(10)23-7)8-3-2-4-9(6-8)15(16,17)18/h2-4,6-7H,5H2,1H3,(H,21,22). The van der Waals surface area contributed by atoms with E-state index in [9.17, 15) is 18.0 Å². The highest BCUT2D eigenvalue weighted by atomic mass is 32.2. The summed E-state index contributed by atoms with van der Waals surface area (Å²) in [6, 6.07) is 4.75. The Balaban J connectivity index is 2.18. The van der Waals surface area contributed by atoms with Crippen molar-refractivity contribution in [1.29, 1.82) is 0 Å². The van der Waals surface area contributed by atoms with Crippen LogP contribution in [-0.2, 0) is 12.6 Å². The van der Waals surface area contributed by atoms with E-state index in [0.717, 1.165) is 12.1 Å². The molecular formula is C15H11F3N2O2S. The van der Waals surface area contributed by atoms with Crippen molar-refractivity contribution < 1.29 is 23.1 Å². The number of carboxylic acid groups (broad SMARTS) is 1. The highest BCUT2D eigenvalue weighted by molar-refractivity contribution is 8.00. The van der Waals surface area contributed by atoms with Gasteiger partial charge in [-0.2, -0.15) is 13.2 Å². The third-order valence-corrected chi connectivity index (χ3v) is 4.56. The molecule has 1 unspecified atom stereocenters. The summed E-state index contributed by atoms with van der Waals surface area (Å²) < 4.78 is 38.7. The van der Waals surface area contributed by atoms with E-state index in [1.165, 1.54) is 23.9 Å². The van der Waals surface area contributed by atoms with Crippen LogP contribution >= 0.6 is 11.8 Å². The Labute approximate surface area is 133 Å². The summed E-state index contributed by atoms with van der Waals surface area (Å²) in [6.07, 6.45) is -3.88. The number of hydrogen-bond acceptors (Lipinski definition) is 4. The average Bonchev–Trinajstić information content (AvgIpc) is 2.85. The van der Waals surface area contributed by atoms with Crippen LogP contribution in [0.5, 0.6) is 0 Å². The van der Waals surface area contributed by atoms with Crippen molar-refractivity contribution in [2.75, 3.05) is 0 Å². The summed E-state index contributed by atoms with van der Waals surface area (Å²) in [5.41, 5.74) is 0.413. The van der Waals surface area contributed by atoms with E-state index in [1.54, 1.807) is 0 Å². The predicted molar refractivity (Wildman–Crippen MR) is 78.5 cm³/mol. The SMILES string of the molecule is CC1Cc2c(nc(C(=O)O)nc2-c2cccc(C(F)(F)F)c2)S1. The molecule has 1 aliphatic heterocycles. The van der Waals surface area contributed by atoms with Crippen molar-refractivity contribution in [3.63, 3.8) is 0 Å². The van der Waals surface area contributed by atoms with E-state index in [4.69, 9.17) is 5.11 Å². The molecule has 1 atom stereocenters. The number of hydrogen-bond donors (Lipinski definition) is 1. The molecule has 0 amide bonds. The molecule has 0 aliphatic carbocycles. The van der Waals surface area contributed by atoms with E-state index in [0.29, 0.717) is 17.0 Å². The Morgan fingerprint density at radius 2 is 2.09 bits per heavy atom. The second-order valence-electron chi connectivity index (χ2n) is 5.20. The number of carbonyl (C=O) groups is 1. The molecule has 1 aromatic heterocycles. The molecule has 1 aliphatic rings. The highest BCUT2D eigenvalue weighted by Crippen LogP contribution is 2.40. The number of fused-ring (bicyclic) bond motifs is 1. The van der Waals surface area contributed by atoms with Gasteiger partial charge >= 0.3 is 12.1 Å². The van der Waals surface area contributed by atoms with Crippen LogP contribution in [0.15, 0.2) is 29.3 Å². The maximum Gasteiger partial charge on any atom is 0.416 e. The van der Waals surface area contributed by atoms with Gasteiger partial charge in [-0.05, 0) is 18.6 Å². The first-order valence-corrected chi connectivity index (χ1v) is 7.62. The molecule has 1 aromatic carbocycles. The molecule has 8 heteroatoms. The number of nitrogens with zero attached hydrogens (tertiary/aromatic N) is 2. The fourth-order valence-corrected chi connectivity index (χ4v) is 3.53. The lowest BCUT2D eigenvalue weighted by Gasteiger charge is -2.11. The van der Waals surface area contributed by atoms with Crippen molar-refractivity contribution in [3.8, 4) is 11.3 Å². The third kappa shape index (κ3) is 3.03. The minimum Gasteiger partial charge on any atom is -0.475 e. The second-order valence-corrected chi connectivity index (χ2v) is 6.62. The largest absolute Gasteiger partial charge is 0.475 e. The Kier molecular flexibility index (Phi) is 3.79. The zero-order chi connectivity index (χ0) is 16.8. The lowest BCUT2D eigenvalue weighted by Crippen LogP contribution is -2.09. The number of rotatable bonds is 2. The lowest BCUT2D eigenvalue weighted by atomic mass is 10.0. The van der Waals surface area contributed by atoms with Gasteiger partial charge in [-0.1, -0.05) is 19.1 Å². The quantitative estimate of drug-likeness (QED) is 0.840. The Bertz CT molecular complexity index is 793. The Morgan fingerprint density at radius 1 is 1.35 bits per heavy atom. The van der Waals surface area contributed by atoms with Crippen molar-refractivity contribution in [1.82, 2.24) is 9.97 Å². The van der Waals surface area contributed by atoms with Crippen LogP contribution < -0.4 is 0 Å². The van der Waals surface area contributed by atoms with Gasteiger partial charge in [0.05, 0.1) is 11.3 Å². The van der Waals surface area contributed by atoms with Gasteiger partial charge in [0.1, 0.15) is 5.03 Å². The average molecular weight is 340 g/mol. The van der Waals surface area contributed by atoms with Crippen molar-refractivity contribution >= 4 is 17.7 Å². The first-order valence-electron chi connectivity index (χ1n) is 6.74. The van der Waals surface area contributed by atoms with E-state index in [1.807, 2.05) is 6.92 Å². The van der Waals surface area contributed by atoms with Crippen LogP contribution in [0.25, 0.3) is 11.3 Å². The molecular weight excluding hydrogens is 329 g/mol. The summed E-state index contributed by atoms with van der Waals surface area (Å²) in [4.78, 5) is 19.1. The van der Waals surface area contributed by atoms with Crippen molar-refractivity contribution in [2.24, 2.45) is 0 Å². The molecule has 23 heavy (non-hydrogen) atoms. The molecule has 1 N–H and O–H groups in total. The molecule has 2 aromatic rings. The number of aromatic nitrogens is 2. The van der Waals surface area contributed by atoms with Crippen molar-refractivity contribution in [2.45, 2.75) is 29.8 Å². The van der Waals surface area contributed by atoms with Crippen molar-refractivity contribution in [3.05, 3.63) is 41.2 Å². The third-order valence-electron chi connectivity index (χ3n) is 3.43. The molecule has 4 nitrogen and oxygen atoms in total. The molecule has 3 rings (SSSR count).